The molecule has 0 fully saturated rings. The summed E-state index contributed by atoms with van der Waals surface area (Å²) in [5, 5.41) is 0. The average Bonchev–Trinajstić information content (AvgIpc) is 3.33. The van der Waals surface area contributed by atoms with Gasteiger partial charge in [-0.1, -0.05) is 127 Å². The minimum atomic E-state index is 0.0567. The topological polar surface area (TPSA) is 6.48 Å². The molecule has 0 radical (unpaired) electrons. The Morgan fingerprint density at radius 2 is 0.627 bits per heavy atom. The summed E-state index contributed by atoms with van der Waals surface area (Å²) in [7, 11) is 0. The molecule has 0 bridgehead atoms. The molecule has 0 N–H and O–H groups in total. The largest absolute Gasteiger partial charge is 0.311 e. The molecule has 0 spiro atoms. The first-order valence-electron chi connectivity index (χ1n) is 17.7. The van der Waals surface area contributed by atoms with Crippen LogP contribution < -0.4 is 26.2 Å². The summed E-state index contributed by atoms with van der Waals surface area (Å²) >= 11 is 0. The van der Waals surface area contributed by atoms with Crippen LogP contribution in [0.4, 0.5) is 34.1 Å². The van der Waals surface area contributed by atoms with Crippen molar-refractivity contribution >= 4 is 57.2 Å². The summed E-state index contributed by atoms with van der Waals surface area (Å²) in [6.07, 6.45) is 0. The lowest BCUT2D eigenvalue weighted by molar-refractivity contribution is 1.25. The van der Waals surface area contributed by atoms with E-state index in [2.05, 4.69) is 198 Å². The van der Waals surface area contributed by atoms with Crippen LogP contribution in [-0.2, 0) is 0 Å². The van der Waals surface area contributed by atoms with Crippen molar-refractivity contribution < 1.29 is 0 Å². The van der Waals surface area contributed by atoms with E-state index in [0.717, 1.165) is 11.4 Å². The lowest BCUT2D eigenvalue weighted by Gasteiger charge is -2.44. The highest BCUT2D eigenvalue weighted by atomic mass is 15.2. The molecule has 51 heavy (non-hydrogen) atoms. The molecule has 236 valence electrons. The number of hydrogen-bond acceptors (Lipinski definition) is 2. The monoisotopic (exact) mass is 646 g/mol. The maximum Gasteiger partial charge on any atom is 0.253 e. The predicted molar refractivity (Wildman–Crippen MR) is 216 cm³/mol. The Balaban J connectivity index is 1.32. The number of para-hydroxylation sites is 2. The van der Waals surface area contributed by atoms with E-state index < -0.39 is 0 Å². The van der Waals surface area contributed by atoms with Crippen molar-refractivity contribution in [2.45, 2.75) is 0 Å². The second-order valence-corrected chi connectivity index (χ2v) is 13.6. The fourth-order valence-corrected chi connectivity index (χ4v) is 8.96. The van der Waals surface area contributed by atoms with E-state index in [-0.39, 0.29) is 6.71 Å². The third kappa shape index (κ3) is 4.06. The molecule has 11 rings (SSSR count). The van der Waals surface area contributed by atoms with Gasteiger partial charge in [-0.05, 0) is 122 Å². The van der Waals surface area contributed by atoms with Crippen molar-refractivity contribution in [3.8, 4) is 44.5 Å². The van der Waals surface area contributed by atoms with Crippen molar-refractivity contribution in [1.82, 2.24) is 0 Å². The Labute approximate surface area is 298 Å². The van der Waals surface area contributed by atoms with Gasteiger partial charge in [0.2, 0.25) is 0 Å². The van der Waals surface area contributed by atoms with Crippen LogP contribution in [0.25, 0.3) is 44.5 Å². The van der Waals surface area contributed by atoms with Crippen LogP contribution in [-0.4, -0.2) is 6.71 Å². The van der Waals surface area contributed by atoms with Gasteiger partial charge in [-0.3, -0.25) is 0 Å². The third-order valence-corrected chi connectivity index (χ3v) is 11.0. The SMILES string of the molecule is c1ccc(-c2cc3c(cc2-c2ccccc2)-c2cccc4c2B2c5c-3cccc5N(c3ccccc3)c3cccc(c32)N4c2ccccc2)cc1. The normalized spacial score (nSPS) is 13.0. The Kier molecular flexibility index (Phi) is 6.08. The van der Waals surface area contributed by atoms with E-state index >= 15 is 0 Å². The predicted octanol–water partition coefficient (Wildman–Crippen LogP) is 10.8. The molecule has 8 aromatic carbocycles. The van der Waals surface area contributed by atoms with Gasteiger partial charge in [0.15, 0.2) is 0 Å². The molecule has 0 aliphatic carbocycles. The third-order valence-electron chi connectivity index (χ3n) is 11.0. The number of nitrogens with zero attached hydrogens (tertiary/aromatic N) is 2. The van der Waals surface area contributed by atoms with Gasteiger partial charge in [-0.2, -0.15) is 0 Å². The van der Waals surface area contributed by atoms with Crippen LogP contribution in [0.15, 0.2) is 188 Å². The number of benzene rings is 8. The van der Waals surface area contributed by atoms with Crippen molar-refractivity contribution in [3.05, 3.63) is 188 Å². The first-order chi connectivity index (χ1) is 25.3. The lowest BCUT2D eigenvalue weighted by Crippen LogP contribution is -2.61. The summed E-state index contributed by atoms with van der Waals surface area (Å²) in [6.45, 7) is 0.0567. The molecule has 8 aromatic rings. The average molecular weight is 647 g/mol. The fourth-order valence-electron chi connectivity index (χ4n) is 8.96. The number of rotatable bonds is 4. The molecule has 3 aliphatic heterocycles. The molecule has 0 amide bonds. The van der Waals surface area contributed by atoms with Crippen molar-refractivity contribution in [2.24, 2.45) is 0 Å². The summed E-state index contributed by atoms with van der Waals surface area (Å²) in [5.41, 5.74) is 21.4. The van der Waals surface area contributed by atoms with Gasteiger partial charge in [0.05, 0.1) is 0 Å². The van der Waals surface area contributed by atoms with E-state index in [9.17, 15) is 0 Å². The maximum atomic E-state index is 2.49. The Bertz CT molecular complexity index is 2460. The fraction of sp³-hybridized carbons (Fsp3) is 0. The van der Waals surface area contributed by atoms with Gasteiger partial charge in [0.1, 0.15) is 0 Å². The minimum absolute atomic E-state index is 0.0567. The van der Waals surface area contributed by atoms with E-state index in [0.29, 0.717) is 0 Å². The standard InChI is InChI=1S/C48H31BN2/c1-5-16-32(17-6-1)38-30-40-36-24-13-26-42-46(36)49-47-37(41(40)31-39(38)33-18-7-2-8-19-33)25-14-27-43(47)51(35-22-11-4-12-23-35)45-29-15-28-44(48(45)49)50(42)34-20-9-3-10-21-34/h1-31H. The highest BCUT2D eigenvalue weighted by Gasteiger charge is 2.47. The molecule has 0 atom stereocenters. The summed E-state index contributed by atoms with van der Waals surface area (Å²) < 4.78 is 0. The first-order valence-corrected chi connectivity index (χ1v) is 17.7. The maximum absolute atomic E-state index is 2.49. The van der Waals surface area contributed by atoms with Crippen molar-refractivity contribution in [3.63, 3.8) is 0 Å². The zero-order valence-corrected chi connectivity index (χ0v) is 27.9. The van der Waals surface area contributed by atoms with Crippen LogP contribution in [0.1, 0.15) is 0 Å². The zero-order chi connectivity index (χ0) is 33.5. The van der Waals surface area contributed by atoms with E-state index in [4.69, 9.17) is 0 Å². The minimum Gasteiger partial charge on any atom is -0.311 e. The van der Waals surface area contributed by atoms with Crippen LogP contribution in [0, 0.1) is 0 Å². The lowest BCUT2D eigenvalue weighted by atomic mass is 9.32. The van der Waals surface area contributed by atoms with Gasteiger partial charge in [-0.15, -0.1) is 0 Å². The summed E-state index contributed by atoms with van der Waals surface area (Å²) in [4.78, 5) is 4.98. The molecule has 0 aromatic heterocycles. The molecule has 0 saturated carbocycles. The number of fused-ring (bicyclic) bond motifs is 3. The van der Waals surface area contributed by atoms with Gasteiger partial charge >= 0.3 is 0 Å². The van der Waals surface area contributed by atoms with E-state index in [1.807, 2.05) is 0 Å². The highest BCUT2D eigenvalue weighted by Crippen LogP contribution is 2.50. The Hall–Kier alpha value is -6.58. The highest BCUT2D eigenvalue weighted by molar-refractivity contribution is 7.02. The molecular formula is C48H31BN2. The van der Waals surface area contributed by atoms with Gasteiger partial charge < -0.3 is 9.80 Å². The van der Waals surface area contributed by atoms with Crippen LogP contribution in [0.2, 0.25) is 0 Å². The van der Waals surface area contributed by atoms with Crippen LogP contribution in [0.5, 0.6) is 0 Å². The molecule has 3 aliphatic rings. The summed E-state index contributed by atoms with van der Waals surface area (Å²) in [5.74, 6) is 0. The van der Waals surface area contributed by atoms with Crippen LogP contribution in [0.3, 0.4) is 0 Å². The van der Waals surface area contributed by atoms with Crippen LogP contribution >= 0.6 is 0 Å². The Morgan fingerprint density at radius 1 is 0.275 bits per heavy atom. The van der Waals surface area contributed by atoms with Gasteiger partial charge in [0.25, 0.3) is 6.71 Å². The molecule has 3 heteroatoms. The first kappa shape index (κ1) is 28.3. The molecule has 3 heterocycles. The van der Waals surface area contributed by atoms with E-state index in [1.54, 1.807) is 0 Å². The van der Waals surface area contributed by atoms with E-state index in [1.165, 1.54) is 83.6 Å². The second-order valence-electron chi connectivity index (χ2n) is 13.6. The zero-order valence-electron chi connectivity index (χ0n) is 27.9. The molecule has 2 nitrogen and oxygen atoms in total. The van der Waals surface area contributed by atoms with Crippen molar-refractivity contribution in [1.29, 1.82) is 0 Å². The quantitative estimate of drug-likeness (QED) is 0.176. The second kappa shape index (κ2) is 11.0. The molecular weight excluding hydrogens is 615 g/mol. The van der Waals surface area contributed by atoms with Gasteiger partial charge in [-0.25, -0.2) is 0 Å². The smallest absolute Gasteiger partial charge is 0.253 e. The number of anilines is 6. The van der Waals surface area contributed by atoms with Crippen molar-refractivity contribution in [2.75, 3.05) is 9.80 Å². The summed E-state index contributed by atoms with van der Waals surface area (Å²) in [6, 6.07) is 69.2. The molecule has 0 unspecified atom stereocenters. The molecule has 0 saturated heterocycles. The number of hydrogen-bond donors (Lipinski definition) is 0. The van der Waals surface area contributed by atoms with Gasteiger partial charge in [0, 0.05) is 34.1 Å². The Morgan fingerprint density at radius 3 is 1.04 bits per heavy atom.